The Morgan fingerprint density at radius 3 is 2.77 bits per heavy atom. The second-order valence-corrected chi connectivity index (χ2v) is 5.03. The van der Waals surface area contributed by atoms with E-state index < -0.39 is 0 Å². The minimum atomic E-state index is 0.477. The fraction of sp³-hybridized carbons (Fsp3) is 0.250. The van der Waals surface area contributed by atoms with E-state index in [1.165, 1.54) is 5.56 Å². The zero-order valence-corrected chi connectivity index (χ0v) is 12.6. The van der Waals surface area contributed by atoms with Gasteiger partial charge in [-0.25, -0.2) is 4.98 Å². The van der Waals surface area contributed by atoms with Crippen molar-refractivity contribution in [1.82, 2.24) is 20.1 Å². The number of aryl methyl sites for hydroxylation is 2. The van der Waals surface area contributed by atoms with Crippen molar-refractivity contribution in [1.29, 1.82) is 0 Å². The largest absolute Gasteiger partial charge is 0.369 e. The van der Waals surface area contributed by atoms with Crippen LogP contribution in [0.5, 0.6) is 0 Å². The second-order valence-electron chi connectivity index (χ2n) is 5.03. The summed E-state index contributed by atoms with van der Waals surface area (Å²) in [6, 6.07) is 7.87. The van der Waals surface area contributed by atoms with Gasteiger partial charge in [-0.3, -0.25) is 4.98 Å². The lowest BCUT2D eigenvalue weighted by atomic mass is 10.2. The predicted molar refractivity (Wildman–Crippen MR) is 83.4 cm³/mol. The number of pyridine rings is 2. The van der Waals surface area contributed by atoms with Gasteiger partial charge in [0.15, 0.2) is 5.82 Å². The predicted octanol–water partition coefficient (Wildman–Crippen LogP) is 2.80. The van der Waals surface area contributed by atoms with Gasteiger partial charge in [0.25, 0.3) is 5.89 Å². The first-order valence-corrected chi connectivity index (χ1v) is 7.13. The van der Waals surface area contributed by atoms with E-state index in [1.807, 2.05) is 31.3 Å². The van der Waals surface area contributed by atoms with Crippen molar-refractivity contribution in [2.45, 2.75) is 20.3 Å². The normalized spacial score (nSPS) is 10.6. The van der Waals surface area contributed by atoms with Gasteiger partial charge < -0.3 is 9.84 Å². The lowest BCUT2D eigenvalue weighted by Crippen LogP contribution is -2.07. The molecule has 22 heavy (non-hydrogen) atoms. The molecule has 0 aliphatic heterocycles. The van der Waals surface area contributed by atoms with Crippen LogP contribution in [0.25, 0.3) is 11.5 Å². The molecule has 3 heterocycles. The number of nitrogens with one attached hydrogen (secondary N) is 1. The van der Waals surface area contributed by atoms with Crippen molar-refractivity contribution in [2.75, 3.05) is 11.9 Å². The first kappa shape index (κ1) is 14.2. The fourth-order valence-corrected chi connectivity index (χ4v) is 2.10. The molecular formula is C16H17N5O. The second kappa shape index (κ2) is 6.34. The highest BCUT2D eigenvalue weighted by molar-refractivity contribution is 5.68. The lowest BCUT2D eigenvalue weighted by molar-refractivity contribution is 0.425. The smallest absolute Gasteiger partial charge is 0.261 e. The van der Waals surface area contributed by atoms with Crippen LogP contribution < -0.4 is 5.32 Å². The summed E-state index contributed by atoms with van der Waals surface area (Å²) in [5, 5.41) is 7.14. The van der Waals surface area contributed by atoms with E-state index >= 15 is 0 Å². The van der Waals surface area contributed by atoms with E-state index in [-0.39, 0.29) is 0 Å². The Bertz CT molecular complexity index is 751. The Balaban J connectivity index is 1.69. The molecule has 0 spiro atoms. The van der Waals surface area contributed by atoms with Gasteiger partial charge >= 0.3 is 0 Å². The third-order valence-corrected chi connectivity index (χ3v) is 3.24. The molecule has 112 valence electrons. The zero-order chi connectivity index (χ0) is 15.4. The van der Waals surface area contributed by atoms with Crippen LogP contribution in [0, 0.1) is 13.8 Å². The van der Waals surface area contributed by atoms with Crippen LogP contribution in [0.15, 0.2) is 41.2 Å². The molecule has 3 aromatic heterocycles. The highest BCUT2D eigenvalue weighted by Gasteiger charge is 2.11. The molecular weight excluding hydrogens is 278 g/mol. The zero-order valence-electron chi connectivity index (χ0n) is 12.6. The van der Waals surface area contributed by atoms with Gasteiger partial charge in [-0.15, -0.1) is 0 Å². The Labute approximate surface area is 128 Å². The number of rotatable bonds is 5. The molecule has 0 fully saturated rings. The molecule has 0 amide bonds. The van der Waals surface area contributed by atoms with Gasteiger partial charge in [0.05, 0.1) is 5.56 Å². The van der Waals surface area contributed by atoms with Gasteiger partial charge in [0.1, 0.15) is 5.82 Å². The molecule has 1 N–H and O–H groups in total. The van der Waals surface area contributed by atoms with Gasteiger partial charge in [0, 0.05) is 24.6 Å². The fourth-order valence-electron chi connectivity index (χ4n) is 2.10. The maximum absolute atomic E-state index is 5.22. The first-order chi connectivity index (χ1) is 10.7. The molecule has 0 saturated heterocycles. The molecule has 3 rings (SSSR count). The van der Waals surface area contributed by atoms with Gasteiger partial charge in [-0.05, 0) is 44.0 Å². The molecule has 0 aromatic carbocycles. The summed E-state index contributed by atoms with van der Waals surface area (Å²) in [4.78, 5) is 12.9. The summed E-state index contributed by atoms with van der Waals surface area (Å²) in [6.07, 6.45) is 4.51. The van der Waals surface area contributed by atoms with Crippen molar-refractivity contribution >= 4 is 5.82 Å². The summed E-state index contributed by atoms with van der Waals surface area (Å²) < 4.78 is 5.22. The summed E-state index contributed by atoms with van der Waals surface area (Å²) in [5.41, 5.74) is 3.02. The van der Waals surface area contributed by atoms with Gasteiger partial charge in [-0.2, -0.15) is 4.98 Å². The van der Waals surface area contributed by atoms with Crippen molar-refractivity contribution in [2.24, 2.45) is 0 Å². The first-order valence-electron chi connectivity index (χ1n) is 7.13. The molecule has 6 nitrogen and oxygen atoms in total. The molecule has 3 aromatic rings. The van der Waals surface area contributed by atoms with E-state index in [0.29, 0.717) is 11.7 Å². The molecule has 0 aliphatic carbocycles. The maximum Gasteiger partial charge on any atom is 0.261 e. The molecule has 0 atom stereocenters. The quantitative estimate of drug-likeness (QED) is 0.780. The summed E-state index contributed by atoms with van der Waals surface area (Å²) in [6.45, 7) is 4.53. The highest BCUT2D eigenvalue weighted by atomic mass is 16.5. The summed E-state index contributed by atoms with van der Waals surface area (Å²) >= 11 is 0. The van der Waals surface area contributed by atoms with E-state index in [4.69, 9.17) is 4.52 Å². The van der Waals surface area contributed by atoms with Gasteiger partial charge in [0.2, 0.25) is 0 Å². The lowest BCUT2D eigenvalue weighted by Gasteiger charge is -2.08. The van der Waals surface area contributed by atoms with E-state index in [9.17, 15) is 0 Å². The van der Waals surface area contributed by atoms with Crippen molar-refractivity contribution in [3.63, 3.8) is 0 Å². The summed E-state index contributed by atoms with van der Waals surface area (Å²) in [5.74, 6) is 1.83. The monoisotopic (exact) mass is 295 g/mol. The Hall–Kier alpha value is -2.76. The third kappa shape index (κ3) is 3.28. The number of hydrogen-bond acceptors (Lipinski definition) is 6. The molecule has 0 aliphatic rings. The number of hydrogen-bond donors (Lipinski definition) is 1. The minimum absolute atomic E-state index is 0.477. The van der Waals surface area contributed by atoms with Crippen LogP contribution in [-0.2, 0) is 6.42 Å². The highest BCUT2D eigenvalue weighted by Crippen LogP contribution is 2.24. The average molecular weight is 295 g/mol. The number of anilines is 1. The molecule has 0 bridgehead atoms. The van der Waals surface area contributed by atoms with Crippen molar-refractivity contribution in [3.05, 3.63) is 53.7 Å². The van der Waals surface area contributed by atoms with E-state index in [2.05, 4.69) is 31.5 Å². The number of aromatic nitrogens is 4. The molecule has 0 radical (unpaired) electrons. The number of nitrogens with zero attached hydrogens (tertiary/aromatic N) is 4. The van der Waals surface area contributed by atoms with Crippen LogP contribution in [0.4, 0.5) is 5.82 Å². The molecule has 0 saturated carbocycles. The van der Waals surface area contributed by atoms with Crippen LogP contribution in [-0.4, -0.2) is 26.7 Å². The maximum atomic E-state index is 5.22. The van der Waals surface area contributed by atoms with Crippen LogP contribution in [0.3, 0.4) is 0 Å². The van der Waals surface area contributed by atoms with Crippen molar-refractivity contribution in [3.8, 4) is 11.5 Å². The Morgan fingerprint density at radius 1 is 1.14 bits per heavy atom. The third-order valence-electron chi connectivity index (χ3n) is 3.24. The Morgan fingerprint density at radius 2 is 2.05 bits per heavy atom. The Kier molecular flexibility index (Phi) is 4.09. The van der Waals surface area contributed by atoms with E-state index in [0.717, 1.165) is 30.0 Å². The minimum Gasteiger partial charge on any atom is -0.369 e. The SMILES string of the molecule is Cc1ccc(CCNc2ncccc2-c2nc(C)no2)cn1. The van der Waals surface area contributed by atoms with Crippen LogP contribution in [0.2, 0.25) is 0 Å². The van der Waals surface area contributed by atoms with Crippen LogP contribution >= 0.6 is 0 Å². The topological polar surface area (TPSA) is 76.7 Å². The van der Waals surface area contributed by atoms with Crippen molar-refractivity contribution < 1.29 is 4.52 Å². The molecule has 6 heteroatoms. The molecule has 0 unspecified atom stereocenters. The standard InChI is InChI=1S/C16H17N5O/c1-11-5-6-13(10-19-11)7-9-18-15-14(4-3-8-17-15)16-20-12(2)21-22-16/h3-6,8,10H,7,9H2,1-2H3,(H,17,18). The summed E-state index contributed by atoms with van der Waals surface area (Å²) in [7, 11) is 0. The van der Waals surface area contributed by atoms with E-state index in [1.54, 1.807) is 13.1 Å². The average Bonchev–Trinajstić information content (AvgIpc) is 2.96. The van der Waals surface area contributed by atoms with Crippen LogP contribution in [0.1, 0.15) is 17.1 Å². The van der Waals surface area contributed by atoms with Gasteiger partial charge in [-0.1, -0.05) is 11.2 Å².